The van der Waals surface area contributed by atoms with Crippen molar-refractivity contribution in [3.63, 3.8) is 0 Å². The largest absolute Gasteiger partial charge is 0.473 e. The Kier molecular flexibility index (Phi) is 5.50. The minimum Gasteiger partial charge on any atom is -0.473 e. The Morgan fingerprint density at radius 2 is 1.86 bits per heavy atom. The summed E-state index contributed by atoms with van der Waals surface area (Å²) in [4.78, 5) is 12.5. The van der Waals surface area contributed by atoms with E-state index in [1.807, 2.05) is 35.7 Å². The number of carbonyl (C=O) groups excluding carboxylic acids is 1. The van der Waals surface area contributed by atoms with E-state index in [0.717, 1.165) is 16.7 Å². The Labute approximate surface area is 126 Å². The SMILES string of the molecule is N#CSc1ccc(NC(=O)NCOc2ccccc2)cc1. The molecule has 0 aliphatic rings. The van der Waals surface area contributed by atoms with E-state index >= 15 is 0 Å². The van der Waals surface area contributed by atoms with Crippen molar-refractivity contribution in [2.75, 3.05) is 12.0 Å². The number of nitrogens with zero attached hydrogens (tertiary/aromatic N) is 1. The molecule has 0 saturated heterocycles. The minimum atomic E-state index is -0.355. The zero-order chi connectivity index (χ0) is 14.9. The Balaban J connectivity index is 1.75. The summed E-state index contributed by atoms with van der Waals surface area (Å²) in [5.74, 6) is 0.690. The number of benzene rings is 2. The molecule has 0 aliphatic heterocycles. The van der Waals surface area contributed by atoms with Gasteiger partial charge in [-0.3, -0.25) is 0 Å². The molecule has 6 heteroatoms. The summed E-state index contributed by atoms with van der Waals surface area (Å²) in [6.45, 7) is 0.0816. The van der Waals surface area contributed by atoms with Crippen molar-refractivity contribution in [1.29, 1.82) is 5.26 Å². The van der Waals surface area contributed by atoms with Crippen molar-refractivity contribution in [1.82, 2.24) is 5.32 Å². The Bertz CT molecular complexity index is 624. The van der Waals surface area contributed by atoms with Gasteiger partial charge in [0.05, 0.1) is 0 Å². The highest BCUT2D eigenvalue weighted by atomic mass is 32.2. The molecule has 2 aromatic rings. The van der Waals surface area contributed by atoms with Crippen molar-refractivity contribution < 1.29 is 9.53 Å². The van der Waals surface area contributed by atoms with Gasteiger partial charge in [0.2, 0.25) is 0 Å². The number of nitrogens with one attached hydrogen (secondary N) is 2. The van der Waals surface area contributed by atoms with Gasteiger partial charge in [-0.15, -0.1) is 0 Å². The van der Waals surface area contributed by atoms with Gasteiger partial charge in [-0.25, -0.2) is 4.79 Å². The van der Waals surface area contributed by atoms with Crippen molar-refractivity contribution >= 4 is 23.5 Å². The van der Waals surface area contributed by atoms with Gasteiger partial charge in [-0.1, -0.05) is 18.2 Å². The maximum absolute atomic E-state index is 11.7. The second kappa shape index (κ2) is 7.82. The highest BCUT2D eigenvalue weighted by Crippen LogP contribution is 2.18. The topological polar surface area (TPSA) is 74.2 Å². The van der Waals surface area contributed by atoms with Gasteiger partial charge >= 0.3 is 6.03 Å². The first-order chi connectivity index (χ1) is 10.3. The summed E-state index contributed by atoms with van der Waals surface area (Å²) in [6, 6.07) is 15.9. The highest BCUT2D eigenvalue weighted by molar-refractivity contribution is 8.03. The number of anilines is 1. The average Bonchev–Trinajstić information content (AvgIpc) is 2.51. The second-order valence-corrected chi connectivity index (χ2v) is 4.81. The second-order valence-electron chi connectivity index (χ2n) is 3.95. The van der Waals surface area contributed by atoms with E-state index in [4.69, 9.17) is 10.00 Å². The Morgan fingerprint density at radius 3 is 2.52 bits per heavy atom. The highest BCUT2D eigenvalue weighted by Gasteiger charge is 2.01. The molecule has 0 radical (unpaired) electrons. The maximum atomic E-state index is 11.7. The van der Waals surface area contributed by atoms with E-state index in [-0.39, 0.29) is 12.8 Å². The third-order valence-corrected chi connectivity index (χ3v) is 3.09. The van der Waals surface area contributed by atoms with Crippen molar-refractivity contribution in [3.8, 4) is 11.2 Å². The van der Waals surface area contributed by atoms with Crippen LogP contribution in [0.4, 0.5) is 10.5 Å². The van der Waals surface area contributed by atoms with Gasteiger partial charge in [0.1, 0.15) is 11.2 Å². The van der Waals surface area contributed by atoms with E-state index < -0.39 is 0 Å². The van der Waals surface area contributed by atoms with Crippen LogP contribution in [0.25, 0.3) is 0 Å². The lowest BCUT2D eigenvalue weighted by Gasteiger charge is -2.09. The van der Waals surface area contributed by atoms with Crippen molar-refractivity contribution in [2.45, 2.75) is 4.90 Å². The summed E-state index contributed by atoms with van der Waals surface area (Å²) >= 11 is 1.07. The van der Waals surface area contributed by atoms with Crippen LogP contribution < -0.4 is 15.4 Å². The van der Waals surface area contributed by atoms with E-state index in [2.05, 4.69) is 10.6 Å². The third kappa shape index (κ3) is 5.09. The fourth-order valence-electron chi connectivity index (χ4n) is 1.54. The van der Waals surface area contributed by atoms with Crippen LogP contribution in [-0.2, 0) is 0 Å². The van der Waals surface area contributed by atoms with Crippen LogP contribution >= 0.6 is 11.8 Å². The van der Waals surface area contributed by atoms with Crippen LogP contribution in [0.1, 0.15) is 0 Å². The summed E-state index contributed by atoms with van der Waals surface area (Å²) < 4.78 is 5.35. The zero-order valence-corrected chi connectivity index (χ0v) is 11.9. The van der Waals surface area contributed by atoms with E-state index in [9.17, 15) is 4.79 Å². The molecule has 2 amide bonds. The standard InChI is InChI=1S/C15H13N3O2S/c16-10-21-14-8-6-12(7-9-14)18-15(19)17-11-20-13-4-2-1-3-5-13/h1-9H,11H2,(H2,17,18,19). The van der Waals surface area contributed by atoms with Gasteiger partial charge in [-0.05, 0) is 48.2 Å². The molecule has 21 heavy (non-hydrogen) atoms. The molecule has 0 heterocycles. The monoisotopic (exact) mass is 299 g/mol. The van der Waals surface area contributed by atoms with Gasteiger partial charge in [0.15, 0.2) is 6.73 Å². The fraction of sp³-hybridized carbons (Fsp3) is 0.0667. The molecule has 0 bridgehead atoms. The van der Waals surface area contributed by atoms with Crippen LogP contribution in [0.3, 0.4) is 0 Å². The molecular formula is C15H13N3O2S. The first-order valence-electron chi connectivity index (χ1n) is 6.16. The van der Waals surface area contributed by atoms with Gasteiger partial charge in [0.25, 0.3) is 0 Å². The molecule has 2 N–H and O–H groups in total. The van der Waals surface area contributed by atoms with E-state index in [1.54, 1.807) is 24.3 Å². The number of hydrogen-bond donors (Lipinski definition) is 2. The number of para-hydroxylation sites is 1. The molecule has 0 fully saturated rings. The first kappa shape index (κ1) is 14.8. The quantitative estimate of drug-likeness (QED) is 0.504. The number of thiocyanates is 1. The normalized spacial score (nSPS) is 9.48. The number of rotatable bonds is 5. The van der Waals surface area contributed by atoms with Crippen LogP contribution in [-0.4, -0.2) is 12.8 Å². The molecule has 0 unspecified atom stereocenters. The molecule has 2 aromatic carbocycles. The van der Waals surface area contributed by atoms with Crippen molar-refractivity contribution in [2.24, 2.45) is 0 Å². The summed E-state index contributed by atoms with van der Waals surface area (Å²) in [6.07, 6.45) is 0. The number of amides is 2. The molecule has 106 valence electrons. The molecule has 0 aromatic heterocycles. The van der Waals surface area contributed by atoms with E-state index in [1.165, 1.54) is 0 Å². The maximum Gasteiger partial charge on any atom is 0.321 e. The van der Waals surface area contributed by atoms with Crippen LogP contribution in [0.2, 0.25) is 0 Å². The smallest absolute Gasteiger partial charge is 0.321 e. The molecule has 2 rings (SSSR count). The zero-order valence-electron chi connectivity index (χ0n) is 11.1. The minimum absolute atomic E-state index is 0.0816. The van der Waals surface area contributed by atoms with Gasteiger partial charge in [0, 0.05) is 10.6 Å². The number of nitriles is 1. The van der Waals surface area contributed by atoms with Gasteiger partial charge in [-0.2, -0.15) is 5.26 Å². The molecule has 0 spiro atoms. The van der Waals surface area contributed by atoms with Crippen molar-refractivity contribution in [3.05, 3.63) is 54.6 Å². The predicted molar refractivity (Wildman–Crippen MR) is 82.0 cm³/mol. The third-order valence-electron chi connectivity index (χ3n) is 2.49. The molecule has 0 atom stereocenters. The Morgan fingerprint density at radius 1 is 1.14 bits per heavy atom. The number of carbonyl (C=O) groups is 1. The van der Waals surface area contributed by atoms with E-state index in [0.29, 0.717) is 11.4 Å². The lowest BCUT2D eigenvalue weighted by atomic mass is 10.3. The predicted octanol–water partition coefficient (Wildman–Crippen LogP) is 3.42. The molecular weight excluding hydrogens is 286 g/mol. The number of urea groups is 1. The lowest BCUT2D eigenvalue weighted by Crippen LogP contribution is -2.31. The fourth-order valence-corrected chi connectivity index (χ4v) is 1.91. The van der Waals surface area contributed by atoms with Crippen LogP contribution in [0.15, 0.2) is 59.5 Å². The van der Waals surface area contributed by atoms with Gasteiger partial charge < -0.3 is 15.4 Å². The van der Waals surface area contributed by atoms with Crippen LogP contribution in [0.5, 0.6) is 5.75 Å². The Hall–Kier alpha value is -2.65. The number of hydrogen-bond acceptors (Lipinski definition) is 4. The number of thioether (sulfide) groups is 1. The first-order valence-corrected chi connectivity index (χ1v) is 6.98. The summed E-state index contributed by atoms with van der Waals surface area (Å²) in [5, 5.41) is 15.8. The number of ether oxygens (including phenoxy) is 1. The summed E-state index contributed by atoms with van der Waals surface area (Å²) in [5.41, 5.74) is 0.648. The average molecular weight is 299 g/mol. The molecule has 0 saturated carbocycles. The molecule has 5 nitrogen and oxygen atoms in total. The lowest BCUT2D eigenvalue weighted by molar-refractivity contribution is 0.234. The summed E-state index contributed by atoms with van der Waals surface area (Å²) in [7, 11) is 0. The van der Waals surface area contributed by atoms with Crippen LogP contribution in [0, 0.1) is 10.7 Å². The molecule has 0 aliphatic carbocycles.